The van der Waals surface area contributed by atoms with Gasteiger partial charge in [0, 0.05) is 25.2 Å². The number of carbonyl (C=O) groups excluding carboxylic acids is 1. The molecule has 5 heteroatoms. The predicted molar refractivity (Wildman–Crippen MR) is 90.0 cm³/mol. The van der Waals surface area contributed by atoms with Crippen LogP contribution in [0.4, 0.5) is 0 Å². The van der Waals surface area contributed by atoms with E-state index < -0.39 is 0 Å². The van der Waals surface area contributed by atoms with Crippen molar-refractivity contribution in [3.63, 3.8) is 0 Å². The van der Waals surface area contributed by atoms with Crippen LogP contribution in [0.3, 0.4) is 0 Å². The van der Waals surface area contributed by atoms with E-state index >= 15 is 0 Å². The minimum Gasteiger partial charge on any atom is -0.338 e. The van der Waals surface area contributed by atoms with E-state index in [0.717, 1.165) is 26.1 Å². The van der Waals surface area contributed by atoms with Crippen molar-refractivity contribution >= 4 is 18.3 Å². The van der Waals surface area contributed by atoms with Crippen LogP contribution in [0.15, 0.2) is 0 Å². The molecule has 0 aromatic rings. The Balaban J connectivity index is 0.00000220. The number of hydrogen-bond acceptors (Lipinski definition) is 3. The molecule has 0 spiro atoms. The van der Waals surface area contributed by atoms with E-state index in [1.807, 2.05) is 7.05 Å². The van der Waals surface area contributed by atoms with Crippen molar-refractivity contribution in [3.05, 3.63) is 0 Å². The first-order valence-electron chi connectivity index (χ1n) is 8.39. The van der Waals surface area contributed by atoms with Gasteiger partial charge in [-0.1, -0.05) is 6.92 Å². The van der Waals surface area contributed by atoms with E-state index in [2.05, 4.69) is 29.0 Å². The average molecular weight is 318 g/mol. The Labute approximate surface area is 136 Å². The lowest BCUT2D eigenvalue weighted by molar-refractivity contribution is -0.140. The topological polar surface area (TPSA) is 35.6 Å². The van der Waals surface area contributed by atoms with Crippen molar-refractivity contribution in [3.8, 4) is 0 Å². The summed E-state index contributed by atoms with van der Waals surface area (Å²) in [5.41, 5.74) is 0. The molecule has 2 fully saturated rings. The molecule has 21 heavy (non-hydrogen) atoms. The van der Waals surface area contributed by atoms with Crippen LogP contribution < -0.4 is 5.32 Å². The largest absolute Gasteiger partial charge is 0.338 e. The van der Waals surface area contributed by atoms with Crippen LogP contribution in [0.1, 0.15) is 52.4 Å². The molecule has 4 nitrogen and oxygen atoms in total. The molecular weight excluding hydrogens is 286 g/mol. The fraction of sp³-hybridized carbons (Fsp3) is 0.938. The van der Waals surface area contributed by atoms with Gasteiger partial charge in [0.2, 0.25) is 5.91 Å². The second-order valence-corrected chi connectivity index (χ2v) is 6.39. The molecule has 2 aliphatic heterocycles. The van der Waals surface area contributed by atoms with Gasteiger partial charge in [-0.15, -0.1) is 12.4 Å². The second kappa shape index (κ2) is 8.96. The Hall–Kier alpha value is -0.320. The van der Waals surface area contributed by atoms with Crippen LogP contribution in [0.5, 0.6) is 0 Å². The molecule has 3 unspecified atom stereocenters. The number of rotatable bonds is 4. The Morgan fingerprint density at radius 3 is 2.67 bits per heavy atom. The van der Waals surface area contributed by atoms with Crippen molar-refractivity contribution in [1.29, 1.82) is 0 Å². The molecule has 2 saturated heterocycles. The smallest absolute Gasteiger partial charge is 0.239 e. The number of nitrogens with one attached hydrogen (secondary N) is 1. The molecule has 0 radical (unpaired) electrons. The third kappa shape index (κ3) is 4.57. The summed E-state index contributed by atoms with van der Waals surface area (Å²) in [5, 5.41) is 3.36. The number of carbonyl (C=O) groups is 1. The SMILES string of the molecule is CCC1CCCCN1C(=O)C(C)N1CCCC(NC)C1.Cl. The molecule has 3 atom stereocenters. The maximum atomic E-state index is 12.8. The average Bonchev–Trinajstić information content (AvgIpc) is 2.53. The van der Waals surface area contributed by atoms with Crippen molar-refractivity contribution in [2.45, 2.75) is 70.5 Å². The van der Waals surface area contributed by atoms with Crippen LogP contribution in [0.25, 0.3) is 0 Å². The van der Waals surface area contributed by atoms with Gasteiger partial charge in [0.25, 0.3) is 0 Å². The molecule has 0 aliphatic carbocycles. The number of hydrogen-bond donors (Lipinski definition) is 1. The van der Waals surface area contributed by atoms with Crippen molar-refractivity contribution < 1.29 is 4.79 Å². The fourth-order valence-electron chi connectivity index (χ4n) is 3.71. The van der Waals surface area contributed by atoms with Gasteiger partial charge in [0.1, 0.15) is 0 Å². The quantitative estimate of drug-likeness (QED) is 0.864. The van der Waals surface area contributed by atoms with Crippen LogP contribution in [-0.4, -0.2) is 60.5 Å². The van der Waals surface area contributed by atoms with E-state index in [1.165, 1.54) is 32.1 Å². The zero-order chi connectivity index (χ0) is 14.5. The summed E-state index contributed by atoms with van der Waals surface area (Å²) in [6.45, 7) is 7.34. The minimum atomic E-state index is 0. The number of nitrogens with zero attached hydrogens (tertiary/aromatic N) is 2. The maximum absolute atomic E-state index is 12.8. The normalized spacial score (nSPS) is 28.8. The second-order valence-electron chi connectivity index (χ2n) is 6.39. The standard InChI is InChI=1S/C16H31N3O.ClH/c1-4-15-9-5-6-11-19(15)16(20)13(2)18-10-7-8-14(12-18)17-3;/h13-15,17H,4-12H2,1-3H3;1H. The van der Waals surface area contributed by atoms with E-state index in [4.69, 9.17) is 0 Å². The minimum absolute atomic E-state index is 0. The molecule has 1 N–H and O–H groups in total. The first kappa shape index (κ1) is 18.7. The lowest BCUT2D eigenvalue weighted by atomic mass is 9.98. The lowest BCUT2D eigenvalue weighted by Crippen LogP contribution is -2.56. The van der Waals surface area contributed by atoms with Gasteiger partial charge in [-0.3, -0.25) is 9.69 Å². The Morgan fingerprint density at radius 2 is 2.00 bits per heavy atom. The van der Waals surface area contributed by atoms with Crippen LogP contribution in [0, 0.1) is 0 Å². The van der Waals surface area contributed by atoms with E-state index in [-0.39, 0.29) is 18.4 Å². The highest BCUT2D eigenvalue weighted by Crippen LogP contribution is 2.22. The third-order valence-corrected chi connectivity index (χ3v) is 5.15. The summed E-state index contributed by atoms with van der Waals surface area (Å²) >= 11 is 0. The summed E-state index contributed by atoms with van der Waals surface area (Å²) in [5.74, 6) is 0.355. The highest BCUT2D eigenvalue weighted by Gasteiger charge is 2.33. The molecule has 0 bridgehead atoms. The number of amides is 1. The van der Waals surface area contributed by atoms with E-state index in [9.17, 15) is 4.79 Å². The molecule has 0 aromatic carbocycles. The molecule has 2 aliphatic rings. The van der Waals surface area contributed by atoms with Crippen molar-refractivity contribution in [2.24, 2.45) is 0 Å². The highest BCUT2D eigenvalue weighted by molar-refractivity contribution is 5.85. The maximum Gasteiger partial charge on any atom is 0.239 e. The Kier molecular flexibility index (Phi) is 7.99. The predicted octanol–water partition coefficient (Wildman–Crippen LogP) is 2.27. The van der Waals surface area contributed by atoms with Gasteiger partial charge in [-0.05, 0) is 59.0 Å². The van der Waals surface area contributed by atoms with Crippen LogP contribution in [0.2, 0.25) is 0 Å². The summed E-state index contributed by atoms with van der Waals surface area (Å²) in [6, 6.07) is 1.06. The van der Waals surface area contributed by atoms with Gasteiger partial charge in [0.15, 0.2) is 0 Å². The zero-order valence-corrected chi connectivity index (χ0v) is 14.6. The Morgan fingerprint density at radius 1 is 1.24 bits per heavy atom. The first-order chi connectivity index (χ1) is 9.67. The van der Waals surface area contributed by atoms with Gasteiger partial charge < -0.3 is 10.2 Å². The number of likely N-dealkylation sites (N-methyl/N-ethyl adjacent to an activating group) is 1. The van der Waals surface area contributed by atoms with Crippen molar-refractivity contribution in [1.82, 2.24) is 15.1 Å². The van der Waals surface area contributed by atoms with Crippen LogP contribution >= 0.6 is 12.4 Å². The molecular formula is C16H32ClN3O. The summed E-state index contributed by atoms with van der Waals surface area (Å²) < 4.78 is 0. The van der Waals surface area contributed by atoms with Gasteiger partial charge in [-0.2, -0.15) is 0 Å². The zero-order valence-electron chi connectivity index (χ0n) is 13.8. The molecule has 2 heterocycles. The summed E-state index contributed by atoms with van der Waals surface area (Å²) in [4.78, 5) is 17.4. The summed E-state index contributed by atoms with van der Waals surface area (Å²) in [7, 11) is 2.03. The summed E-state index contributed by atoms with van der Waals surface area (Å²) in [6.07, 6.45) is 7.16. The van der Waals surface area contributed by atoms with Gasteiger partial charge in [-0.25, -0.2) is 0 Å². The fourth-order valence-corrected chi connectivity index (χ4v) is 3.71. The Bertz CT molecular complexity index is 327. The number of piperidine rings is 2. The monoisotopic (exact) mass is 317 g/mol. The van der Waals surface area contributed by atoms with Crippen LogP contribution in [-0.2, 0) is 4.79 Å². The highest BCUT2D eigenvalue weighted by atomic mass is 35.5. The van der Waals surface area contributed by atoms with Crippen molar-refractivity contribution in [2.75, 3.05) is 26.7 Å². The third-order valence-electron chi connectivity index (χ3n) is 5.15. The first-order valence-corrected chi connectivity index (χ1v) is 8.39. The molecule has 1 amide bonds. The molecule has 124 valence electrons. The molecule has 0 aromatic heterocycles. The van der Waals surface area contributed by atoms with Gasteiger partial charge in [0.05, 0.1) is 6.04 Å². The van der Waals surface area contributed by atoms with E-state index in [0.29, 0.717) is 18.0 Å². The number of likely N-dealkylation sites (tertiary alicyclic amines) is 2. The molecule has 2 rings (SSSR count). The lowest BCUT2D eigenvalue weighted by Gasteiger charge is -2.41. The van der Waals surface area contributed by atoms with E-state index in [1.54, 1.807) is 0 Å². The molecule has 0 saturated carbocycles. The number of halogens is 1. The van der Waals surface area contributed by atoms with Gasteiger partial charge >= 0.3 is 0 Å².